The maximum Gasteiger partial charge on any atom is 0.331 e. The molecule has 0 spiro atoms. The summed E-state index contributed by atoms with van der Waals surface area (Å²) in [6, 6.07) is 17.7. The number of rotatable bonds is 7. The number of ether oxygens (including phenoxy) is 1. The normalized spacial score (nSPS) is 18.1. The highest BCUT2D eigenvalue weighted by Crippen LogP contribution is 2.46. The summed E-state index contributed by atoms with van der Waals surface area (Å²) in [5, 5.41) is 9.67. The first-order valence-electron chi connectivity index (χ1n) is 13.1. The van der Waals surface area contributed by atoms with E-state index in [4.69, 9.17) is 4.74 Å². The van der Waals surface area contributed by atoms with Crippen molar-refractivity contribution >= 4 is 56.5 Å². The number of nitrogens with zero attached hydrogens (tertiary/aromatic N) is 2. The first-order chi connectivity index (χ1) is 19.5. The second-order valence-corrected chi connectivity index (χ2v) is 10.7. The zero-order chi connectivity index (χ0) is 27.6. The Morgan fingerprint density at radius 1 is 1.00 bits per heavy atom. The Morgan fingerprint density at radius 2 is 1.70 bits per heavy atom. The van der Waals surface area contributed by atoms with E-state index in [1.165, 1.54) is 17.4 Å². The molecule has 0 saturated heterocycles. The van der Waals surface area contributed by atoms with Gasteiger partial charge in [-0.15, -0.1) is 11.3 Å². The molecule has 6 rings (SSSR count). The molecule has 2 atom stereocenters. The zero-order valence-electron chi connectivity index (χ0n) is 21.6. The van der Waals surface area contributed by atoms with Crippen molar-refractivity contribution in [3.63, 3.8) is 0 Å². The van der Waals surface area contributed by atoms with Gasteiger partial charge in [-0.05, 0) is 61.4 Å². The first-order valence-corrected chi connectivity index (χ1v) is 13.9. The van der Waals surface area contributed by atoms with Crippen LogP contribution < -0.4 is 25.6 Å². The molecule has 2 aromatic carbocycles. The molecule has 0 unspecified atom stereocenters. The van der Waals surface area contributed by atoms with Gasteiger partial charge < -0.3 is 20.7 Å². The lowest BCUT2D eigenvalue weighted by molar-refractivity contribution is -0.117. The fraction of sp³-hybridized carbons (Fsp3) is 0.200. The topological polar surface area (TPSA) is 113 Å². The lowest BCUT2D eigenvalue weighted by Crippen LogP contribution is -2.52. The number of hydrogen-bond donors (Lipinski definition) is 3. The molecule has 4 aromatic rings. The Morgan fingerprint density at radius 3 is 2.42 bits per heavy atom. The molecule has 202 valence electrons. The van der Waals surface area contributed by atoms with Gasteiger partial charge in [0.15, 0.2) is 0 Å². The minimum atomic E-state index is -0.377. The summed E-state index contributed by atoms with van der Waals surface area (Å²) in [6.07, 6.45) is 6.33. The maximum absolute atomic E-state index is 13.5. The minimum absolute atomic E-state index is 0.179. The smallest absolute Gasteiger partial charge is 0.331 e. The quantitative estimate of drug-likeness (QED) is 0.239. The third-order valence-electron chi connectivity index (χ3n) is 7.12. The highest BCUT2D eigenvalue weighted by atomic mass is 32.1. The van der Waals surface area contributed by atoms with E-state index in [9.17, 15) is 14.4 Å². The number of pyridine rings is 1. The molecule has 9 nitrogen and oxygen atoms in total. The van der Waals surface area contributed by atoms with Crippen LogP contribution in [0, 0.1) is 0 Å². The molecule has 2 aliphatic rings. The van der Waals surface area contributed by atoms with Gasteiger partial charge in [0.1, 0.15) is 21.2 Å². The highest BCUT2D eigenvalue weighted by molar-refractivity contribution is 7.21. The van der Waals surface area contributed by atoms with Gasteiger partial charge in [0.25, 0.3) is 5.91 Å². The summed E-state index contributed by atoms with van der Waals surface area (Å²) in [5.74, 6) is 0.805. The van der Waals surface area contributed by atoms with Gasteiger partial charge in [-0.3, -0.25) is 14.5 Å². The molecule has 10 heteroatoms. The van der Waals surface area contributed by atoms with Gasteiger partial charge in [0, 0.05) is 18.3 Å². The number of thiophene rings is 1. The number of benzene rings is 2. The molecule has 0 bridgehead atoms. The van der Waals surface area contributed by atoms with E-state index < -0.39 is 0 Å². The van der Waals surface area contributed by atoms with Crippen LogP contribution in [-0.2, 0) is 4.79 Å². The number of para-hydroxylation sites is 1. The van der Waals surface area contributed by atoms with E-state index >= 15 is 0 Å². The minimum Gasteiger partial charge on any atom is -0.457 e. The van der Waals surface area contributed by atoms with Crippen molar-refractivity contribution < 1.29 is 19.1 Å². The molecule has 1 saturated carbocycles. The number of nitrogens with one attached hydrogen (secondary N) is 3. The second-order valence-electron chi connectivity index (χ2n) is 9.67. The Hall–Kier alpha value is -4.70. The number of carbonyl (C=O) groups excluding carboxylic acids is 3. The predicted molar refractivity (Wildman–Crippen MR) is 156 cm³/mol. The molecule has 1 aliphatic heterocycles. The van der Waals surface area contributed by atoms with Crippen molar-refractivity contribution in [3.8, 4) is 11.5 Å². The Labute approximate surface area is 234 Å². The number of urea groups is 1. The molecule has 4 amide bonds. The molecular weight excluding hydrogens is 526 g/mol. The summed E-state index contributed by atoms with van der Waals surface area (Å²) < 4.78 is 5.89. The lowest BCUT2D eigenvalue weighted by atomic mass is 9.90. The van der Waals surface area contributed by atoms with Gasteiger partial charge in [0.2, 0.25) is 5.91 Å². The predicted octanol–water partition coefficient (Wildman–Crippen LogP) is 6.12. The molecule has 3 heterocycles. The average Bonchev–Trinajstić information content (AvgIpc) is 3.35. The molecule has 40 heavy (non-hydrogen) atoms. The third-order valence-corrected chi connectivity index (χ3v) is 8.22. The molecule has 1 fully saturated rings. The van der Waals surface area contributed by atoms with Gasteiger partial charge in [-0.25, -0.2) is 9.78 Å². The van der Waals surface area contributed by atoms with Gasteiger partial charge >= 0.3 is 6.03 Å². The van der Waals surface area contributed by atoms with E-state index in [0.29, 0.717) is 37.9 Å². The molecule has 1 aliphatic carbocycles. The van der Waals surface area contributed by atoms with Crippen molar-refractivity contribution in [3.05, 3.63) is 84.4 Å². The summed E-state index contributed by atoms with van der Waals surface area (Å²) in [7, 11) is 0. The number of aromatic nitrogens is 1. The van der Waals surface area contributed by atoms with Crippen LogP contribution in [0.2, 0.25) is 0 Å². The number of amides is 4. The van der Waals surface area contributed by atoms with Gasteiger partial charge in [-0.2, -0.15) is 0 Å². The van der Waals surface area contributed by atoms with Crippen molar-refractivity contribution in [2.24, 2.45) is 0 Å². The zero-order valence-corrected chi connectivity index (χ0v) is 22.4. The molecule has 2 aromatic heterocycles. The van der Waals surface area contributed by atoms with E-state index in [1.807, 2.05) is 54.6 Å². The fourth-order valence-electron chi connectivity index (χ4n) is 5.24. The average molecular weight is 554 g/mol. The highest BCUT2D eigenvalue weighted by Gasteiger charge is 2.34. The van der Waals surface area contributed by atoms with Crippen LogP contribution in [0.1, 0.15) is 35.4 Å². The second kappa shape index (κ2) is 10.8. The standard InChI is InChI=1S/C30H27N5O4S/c1-2-24(36)32-21-10-6-7-11-22(21)33-28(37)27-26-25-23(16-17-31-29(25)40-27)35(30(38)34-26)18-12-14-20(15-13-18)39-19-8-4-3-5-9-19/h2-5,8-9,12-17,21-22H,1,6-7,10-11H2,(H,32,36)(H,33,37)(H,34,38)/t21-,22+/m1/s1. The van der Waals surface area contributed by atoms with Crippen molar-refractivity contribution in [2.75, 3.05) is 10.2 Å². The lowest BCUT2D eigenvalue weighted by Gasteiger charge is -2.32. The van der Waals surface area contributed by atoms with Crippen LogP contribution in [0.4, 0.5) is 21.9 Å². The van der Waals surface area contributed by atoms with E-state index in [0.717, 1.165) is 31.4 Å². The summed E-state index contributed by atoms with van der Waals surface area (Å²) >= 11 is 1.23. The van der Waals surface area contributed by atoms with Crippen LogP contribution in [0.15, 0.2) is 79.5 Å². The monoisotopic (exact) mass is 553 g/mol. The SMILES string of the molecule is C=CC(=O)N[C@@H]1CCCC[C@@H]1NC(=O)c1sc2nccc3c2c1NC(=O)N3c1ccc(Oc2ccccc2)cc1. The summed E-state index contributed by atoms with van der Waals surface area (Å²) in [5.41, 5.74) is 1.74. The maximum atomic E-state index is 13.5. The molecule has 0 radical (unpaired) electrons. The number of hydrogen-bond acceptors (Lipinski definition) is 6. The van der Waals surface area contributed by atoms with Gasteiger partial charge in [0.05, 0.1) is 22.4 Å². The van der Waals surface area contributed by atoms with E-state index in [2.05, 4.69) is 27.5 Å². The summed E-state index contributed by atoms with van der Waals surface area (Å²) in [4.78, 5) is 45.9. The van der Waals surface area contributed by atoms with Crippen LogP contribution in [0.5, 0.6) is 11.5 Å². The van der Waals surface area contributed by atoms with E-state index in [-0.39, 0.29) is 29.9 Å². The largest absolute Gasteiger partial charge is 0.457 e. The third kappa shape index (κ3) is 4.89. The molecular formula is C30H27N5O4S. The number of carbonyl (C=O) groups is 3. The Bertz CT molecular complexity index is 1600. The van der Waals surface area contributed by atoms with E-state index in [1.54, 1.807) is 17.2 Å². The summed E-state index contributed by atoms with van der Waals surface area (Å²) in [6.45, 7) is 3.52. The first kappa shape index (κ1) is 25.6. The van der Waals surface area contributed by atoms with Crippen molar-refractivity contribution in [1.82, 2.24) is 15.6 Å². The number of anilines is 3. The Balaban J connectivity index is 1.27. The fourth-order valence-corrected chi connectivity index (χ4v) is 6.26. The van der Waals surface area contributed by atoms with Crippen molar-refractivity contribution in [2.45, 2.75) is 37.8 Å². The van der Waals surface area contributed by atoms with Crippen LogP contribution in [0.3, 0.4) is 0 Å². The van der Waals surface area contributed by atoms with Crippen LogP contribution in [-0.4, -0.2) is 34.9 Å². The van der Waals surface area contributed by atoms with Crippen LogP contribution >= 0.6 is 11.3 Å². The van der Waals surface area contributed by atoms with Gasteiger partial charge in [-0.1, -0.05) is 37.6 Å². The van der Waals surface area contributed by atoms with Crippen LogP contribution in [0.25, 0.3) is 10.2 Å². The Kier molecular flexibility index (Phi) is 6.91. The molecule has 3 N–H and O–H groups in total. The van der Waals surface area contributed by atoms with Crippen molar-refractivity contribution in [1.29, 1.82) is 0 Å².